The van der Waals surface area contributed by atoms with Crippen LogP contribution in [0.5, 0.6) is 0 Å². The Morgan fingerprint density at radius 3 is 1.83 bits per heavy atom. The molecule has 3 aromatic carbocycles. The lowest BCUT2D eigenvalue weighted by molar-refractivity contribution is 0.0846. The number of benzene rings is 3. The predicted octanol–water partition coefficient (Wildman–Crippen LogP) is 5.22. The van der Waals surface area contributed by atoms with Crippen LogP contribution >= 0.6 is 11.8 Å². The van der Waals surface area contributed by atoms with E-state index in [0.717, 1.165) is 33.3 Å². The topological polar surface area (TPSA) is 26.3 Å². The number of ether oxygens (including phenoxy) is 1. The van der Waals surface area contributed by atoms with E-state index in [9.17, 15) is 4.79 Å². The van der Waals surface area contributed by atoms with Crippen molar-refractivity contribution >= 4 is 17.1 Å². The Bertz CT molecular complexity index is 804. The van der Waals surface area contributed by atoms with Gasteiger partial charge >= 0.3 is 5.30 Å². The summed E-state index contributed by atoms with van der Waals surface area (Å²) < 4.78 is 6.00. The van der Waals surface area contributed by atoms with Gasteiger partial charge in [0.2, 0.25) is 0 Å². The molecule has 1 heterocycles. The van der Waals surface area contributed by atoms with Crippen molar-refractivity contribution in [2.45, 2.75) is 10.5 Å². The van der Waals surface area contributed by atoms with Crippen molar-refractivity contribution < 1.29 is 9.53 Å². The van der Waals surface area contributed by atoms with Crippen LogP contribution in [0.4, 0.5) is 4.79 Å². The summed E-state index contributed by atoms with van der Waals surface area (Å²) in [5.41, 5.74) is 2.00. The van der Waals surface area contributed by atoms with E-state index >= 15 is 0 Å². The highest BCUT2D eigenvalue weighted by Crippen LogP contribution is 2.48. The number of fused-ring (bicyclic) bond motifs is 1. The average molecular weight is 318 g/mol. The van der Waals surface area contributed by atoms with E-state index in [-0.39, 0.29) is 5.30 Å². The predicted molar refractivity (Wildman–Crippen MR) is 91.5 cm³/mol. The first-order valence-corrected chi connectivity index (χ1v) is 8.24. The first-order chi connectivity index (χ1) is 11.3. The lowest BCUT2D eigenvalue weighted by atomic mass is 9.80. The van der Waals surface area contributed by atoms with Gasteiger partial charge in [0, 0.05) is 21.6 Å². The fraction of sp³-hybridized carbons (Fsp3) is 0.0500. The number of carbonyl (C=O) groups is 1. The molecule has 0 aromatic heterocycles. The van der Waals surface area contributed by atoms with Crippen molar-refractivity contribution in [3.05, 3.63) is 102 Å². The minimum atomic E-state index is -0.901. The van der Waals surface area contributed by atoms with Gasteiger partial charge in [-0.05, 0) is 17.8 Å². The van der Waals surface area contributed by atoms with Crippen LogP contribution in [0, 0.1) is 0 Å². The summed E-state index contributed by atoms with van der Waals surface area (Å²) in [5.74, 6) is 0. The van der Waals surface area contributed by atoms with E-state index < -0.39 is 5.60 Å². The molecule has 0 bridgehead atoms. The van der Waals surface area contributed by atoms with E-state index in [0.29, 0.717) is 0 Å². The molecule has 2 nitrogen and oxygen atoms in total. The summed E-state index contributed by atoms with van der Waals surface area (Å²) in [6, 6.07) is 27.8. The molecule has 3 aromatic rings. The zero-order valence-corrected chi connectivity index (χ0v) is 13.1. The van der Waals surface area contributed by atoms with E-state index in [4.69, 9.17) is 4.74 Å². The largest absolute Gasteiger partial charge is 0.436 e. The maximum atomic E-state index is 12.3. The Kier molecular flexibility index (Phi) is 3.43. The van der Waals surface area contributed by atoms with Crippen LogP contribution in [-0.4, -0.2) is 5.30 Å². The molecule has 1 aliphatic heterocycles. The second kappa shape index (κ2) is 5.60. The molecule has 0 spiro atoms. The molecule has 112 valence electrons. The number of cyclic esters (lactones) is 1. The number of hydrogen-bond acceptors (Lipinski definition) is 3. The standard InChI is InChI=1S/C20H14O2S/c21-19-22-20(15-9-3-1-4-10-15,16-11-5-2-6-12-16)17-13-7-8-14-18(17)23-19/h1-14H. The van der Waals surface area contributed by atoms with Crippen LogP contribution in [0.15, 0.2) is 89.8 Å². The van der Waals surface area contributed by atoms with E-state index in [1.807, 2.05) is 84.9 Å². The molecule has 0 N–H and O–H groups in total. The summed E-state index contributed by atoms with van der Waals surface area (Å²) in [4.78, 5) is 13.3. The summed E-state index contributed by atoms with van der Waals surface area (Å²) in [5, 5.41) is -0.281. The lowest BCUT2D eigenvalue weighted by Gasteiger charge is -2.38. The van der Waals surface area contributed by atoms with Gasteiger partial charge in [-0.15, -0.1) is 0 Å². The van der Waals surface area contributed by atoms with Gasteiger partial charge < -0.3 is 4.74 Å². The normalized spacial score (nSPS) is 15.6. The molecule has 0 saturated heterocycles. The van der Waals surface area contributed by atoms with Gasteiger partial charge in [-0.3, -0.25) is 0 Å². The molecule has 3 heteroatoms. The van der Waals surface area contributed by atoms with Crippen molar-refractivity contribution in [2.24, 2.45) is 0 Å². The summed E-state index contributed by atoms with van der Waals surface area (Å²) in [6.07, 6.45) is 0. The molecule has 0 atom stereocenters. The third kappa shape index (κ3) is 2.25. The van der Waals surface area contributed by atoms with Crippen molar-refractivity contribution in [2.75, 3.05) is 0 Å². The van der Waals surface area contributed by atoms with Gasteiger partial charge in [0.15, 0.2) is 5.60 Å². The Morgan fingerprint density at radius 1 is 0.696 bits per heavy atom. The van der Waals surface area contributed by atoms with Gasteiger partial charge in [-0.1, -0.05) is 78.9 Å². The Hall–Kier alpha value is -2.52. The minimum absolute atomic E-state index is 0.281. The fourth-order valence-electron chi connectivity index (χ4n) is 3.08. The highest BCUT2D eigenvalue weighted by atomic mass is 32.2. The molecule has 0 amide bonds. The third-order valence-electron chi connectivity index (χ3n) is 4.06. The molecular weight excluding hydrogens is 304 g/mol. The Labute approximate surface area is 139 Å². The molecule has 4 rings (SSSR count). The molecule has 0 fully saturated rings. The van der Waals surface area contributed by atoms with Crippen LogP contribution in [0.25, 0.3) is 0 Å². The van der Waals surface area contributed by atoms with E-state index in [1.54, 1.807) is 0 Å². The maximum absolute atomic E-state index is 12.3. The van der Waals surface area contributed by atoms with Gasteiger partial charge in [0.1, 0.15) is 0 Å². The summed E-state index contributed by atoms with van der Waals surface area (Å²) in [6.45, 7) is 0. The monoisotopic (exact) mass is 318 g/mol. The minimum Gasteiger partial charge on any atom is -0.436 e. The Balaban J connectivity index is 2.07. The number of thioether (sulfide) groups is 1. The first kappa shape index (κ1) is 14.1. The second-order valence-corrected chi connectivity index (χ2v) is 6.34. The van der Waals surface area contributed by atoms with Crippen LogP contribution in [0.2, 0.25) is 0 Å². The van der Waals surface area contributed by atoms with Gasteiger partial charge in [-0.2, -0.15) is 0 Å². The molecule has 0 aliphatic carbocycles. The van der Waals surface area contributed by atoms with Crippen molar-refractivity contribution in [3.8, 4) is 0 Å². The van der Waals surface area contributed by atoms with Crippen LogP contribution in [0.1, 0.15) is 16.7 Å². The van der Waals surface area contributed by atoms with Crippen molar-refractivity contribution in [3.63, 3.8) is 0 Å². The van der Waals surface area contributed by atoms with E-state index in [1.165, 1.54) is 0 Å². The summed E-state index contributed by atoms with van der Waals surface area (Å²) >= 11 is 1.14. The number of carbonyl (C=O) groups excluding carboxylic acids is 1. The third-order valence-corrected chi connectivity index (χ3v) is 4.88. The zero-order valence-electron chi connectivity index (χ0n) is 12.3. The van der Waals surface area contributed by atoms with Gasteiger partial charge in [-0.25, -0.2) is 4.79 Å². The highest BCUT2D eigenvalue weighted by molar-refractivity contribution is 8.13. The first-order valence-electron chi connectivity index (χ1n) is 7.42. The molecule has 0 unspecified atom stereocenters. The van der Waals surface area contributed by atoms with Crippen molar-refractivity contribution in [1.82, 2.24) is 0 Å². The van der Waals surface area contributed by atoms with E-state index in [2.05, 4.69) is 0 Å². The van der Waals surface area contributed by atoms with Crippen LogP contribution < -0.4 is 0 Å². The molecular formula is C20H14O2S. The summed E-state index contributed by atoms with van der Waals surface area (Å²) in [7, 11) is 0. The van der Waals surface area contributed by atoms with Gasteiger partial charge in [0.25, 0.3) is 0 Å². The molecule has 23 heavy (non-hydrogen) atoms. The number of rotatable bonds is 2. The fourth-order valence-corrected chi connectivity index (χ4v) is 3.89. The second-order valence-electron chi connectivity index (χ2n) is 5.36. The van der Waals surface area contributed by atoms with Gasteiger partial charge in [0.05, 0.1) is 0 Å². The smallest absolute Gasteiger partial charge is 0.373 e. The van der Waals surface area contributed by atoms with Crippen molar-refractivity contribution in [1.29, 1.82) is 0 Å². The SMILES string of the molecule is O=C1OC(c2ccccc2)(c2ccccc2)c2ccccc2S1. The number of hydrogen-bond donors (Lipinski definition) is 0. The van der Waals surface area contributed by atoms with Crippen LogP contribution in [0.3, 0.4) is 0 Å². The average Bonchev–Trinajstić information content (AvgIpc) is 2.62. The Morgan fingerprint density at radius 2 is 1.22 bits per heavy atom. The van der Waals surface area contributed by atoms with Crippen LogP contribution in [-0.2, 0) is 10.3 Å². The molecule has 0 radical (unpaired) electrons. The zero-order chi connectivity index (χ0) is 15.7. The maximum Gasteiger partial charge on any atom is 0.373 e. The quantitative estimate of drug-likeness (QED) is 0.606. The molecule has 1 aliphatic rings. The molecule has 0 saturated carbocycles. The highest BCUT2D eigenvalue weighted by Gasteiger charge is 2.45. The lowest BCUT2D eigenvalue weighted by Crippen LogP contribution is -2.37.